The molecule has 75 heavy (non-hydrogen) atoms. The number of hydrogen-bond acceptors (Lipinski definition) is 6. The van der Waals surface area contributed by atoms with E-state index in [1.165, 1.54) is 276 Å². The zero-order valence-corrected chi connectivity index (χ0v) is 50.8. The van der Waals surface area contributed by atoms with Gasteiger partial charge < -0.3 is 14.2 Å². The van der Waals surface area contributed by atoms with Gasteiger partial charge in [-0.15, -0.1) is 0 Å². The lowest BCUT2D eigenvalue weighted by Crippen LogP contribution is -2.30. The van der Waals surface area contributed by atoms with Gasteiger partial charge in [-0.1, -0.05) is 334 Å². The number of hydrogen-bond donors (Lipinski definition) is 0. The monoisotopic (exact) mass is 1050 g/mol. The summed E-state index contributed by atoms with van der Waals surface area (Å²) in [7, 11) is 0. The molecule has 0 aliphatic carbocycles. The summed E-state index contributed by atoms with van der Waals surface area (Å²) in [6, 6.07) is 0. The van der Waals surface area contributed by atoms with Crippen LogP contribution in [0.5, 0.6) is 0 Å². The third kappa shape index (κ3) is 62.6. The van der Waals surface area contributed by atoms with Crippen LogP contribution in [0.3, 0.4) is 0 Å². The zero-order valence-electron chi connectivity index (χ0n) is 50.8. The maximum Gasteiger partial charge on any atom is 0.306 e. The van der Waals surface area contributed by atoms with Crippen molar-refractivity contribution in [2.75, 3.05) is 13.2 Å². The Morgan fingerprint density at radius 2 is 0.480 bits per heavy atom. The molecule has 0 saturated carbocycles. The third-order valence-electron chi connectivity index (χ3n) is 15.5. The van der Waals surface area contributed by atoms with Crippen LogP contribution in [0, 0.1) is 0 Å². The second-order valence-electron chi connectivity index (χ2n) is 23.1. The molecular weight excluding hydrogens is 925 g/mol. The zero-order chi connectivity index (χ0) is 54.3. The normalized spacial score (nSPS) is 12.1. The van der Waals surface area contributed by atoms with E-state index in [4.69, 9.17) is 14.2 Å². The van der Waals surface area contributed by atoms with Gasteiger partial charge in [-0.2, -0.15) is 0 Å². The summed E-state index contributed by atoms with van der Waals surface area (Å²) in [5, 5.41) is 0. The van der Waals surface area contributed by atoms with Crippen molar-refractivity contribution in [3.05, 3.63) is 24.3 Å². The fourth-order valence-electron chi connectivity index (χ4n) is 10.4. The summed E-state index contributed by atoms with van der Waals surface area (Å²) in [5.74, 6) is -0.846. The summed E-state index contributed by atoms with van der Waals surface area (Å²) in [4.78, 5) is 38.2. The number of carbonyl (C=O) groups excluding carboxylic acids is 3. The van der Waals surface area contributed by atoms with E-state index in [-0.39, 0.29) is 31.1 Å². The van der Waals surface area contributed by atoms with Crippen molar-refractivity contribution in [3.8, 4) is 0 Å². The van der Waals surface area contributed by atoms with Crippen LogP contribution < -0.4 is 0 Å². The lowest BCUT2D eigenvalue weighted by Gasteiger charge is -2.18. The molecule has 6 nitrogen and oxygen atoms in total. The first-order chi connectivity index (χ1) is 37.0. The van der Waals surface area contributed by atoms with E-state index in [2.05, 4.69) is 45.1 Å². The van der Waals surface area contributed by atoms with E-state index in [1.54, 1.807) is 0 Å². The number of esters is 3. The average Bonchev–Trinajstić information content (AvgIpc) is 3.41. The molecule has 442 valence electrons. The van der Waals surface area contributed by atoms with Crippen molar-refractivity contribution < 1.29 is 28.6 Å². The van der Waals surface area contributed by atoms with E-state index < -0.39 is 6.10 Å². The topological polar surface area (TPSA) is 78.9 Å². The molecule has 0 rings (SSSR count). The highest BCUT2D eigenvalue weighted by atomic mass is 16.6. The van der Waals surface area contributed by atoms with E-state index in [0.29, 0.717) is 19.3 Å². The maximum absolute atomic E-state index is 12.9. The average molecular weight is 1060 g/mol. The molecule has 0 aliphatic rings. The first-order valence-electron chi connectivity index (χ1n) is 33.8. The standard InChI is InChI=1S/C69H130O6/c1-4-7-10-13-16-19-22-24-26-28-30-31-32-33-34-35-36-37-38-40-41-43-45-47-50-53-56-59-62-68(71)74-65-66(64-73-67(70)61-58-55-52-49-21-18-15-12-9-6-3)75-69(72)63-60-57-54-51-48-46-44-42-39-29-27-25-23-20-17-14-11-8-5-2/h17,20,25,27,66H,4-16,18-19,21-24,26,28-65H2,1-3H3/b20-17-,27-25-. The minimum Gasteiger partial charge on any atom is -0.462 e. The highest BCUT2D eigenvalue weighted by molar-refractivity contribution is 5.71. The van der Waals surface area contributed by atoms with E-state index in [1.807, 2.05) is 0 Å². The summed E-state index contributed by atoms with van der Waals surface area (Å²) in [5.41, 5.74) is 0. The Morgan fingerprint density at radius 1 is 0.267 bits per heavy atom. The molecule has 0 aromatic rings. The highest BCUT2D eigenvalue weighted by Gasteiger charge is 2.19. The van der Waals surface area contributed by atoms with Crippen molar-refractivity contribution in [2.24, 2.45) is 0 Å². The van der Waals surface area contributed by atoms with Crippen molar-refractivity contribution in [1.29, 1.82) is 0 Å². The Bertz CT molecular complexity index is 1210. The van der Waals surface area contributed by atoms with Crippen molar-refractivity contribution in [3.63, 3.8) is 0 Å². The van der Waals surface area contributed by atoms with Crippen LogP contribution in [-0.4, -0.2) is 37.2 Å². The molecule has 0 aliphatic heterocycles. The van der Waals surface area contributed by atoms with Crippen LogP contribution in [0.25, 0.3) is 0 Å². The Morgan fingerprint density at radius 3 is 0.760 bits per heavy atom. The molecule has 6 heteroatoms. The summed E-state index contributed by atoms with van der Waals surface area (Å²) in [6.07, 6.45) is 77.8. The van der Waals surface area contributed by atoms with Crippen LogP contribution in [-0.2, 0) is 28.6 Å². The molecule has 0 bridgehead atoms. The summed E-state index contributed by atoms with van der Waals surface area (Å²) >= 11 is 0. The second-order valence-corrected chi connectivity index (χ2v) is 23.1. The number of unbranched alkanes of at least 4 members (excludes halogenated alkanes) is 48. The molecule has 1 unspecified atom stereocenters. The van der Waals surface area contributed by atoms with Gasteiger partial charge in [-0.25, -0.2) is 0 Å². The lowest BCUT2D eigenvalue weighted by molar-refractivity contribution is -0.167. The van der Waals surface area contributed by atoms with Gasteiger partial charge >= 0.3 is 17.9 Å². The summed E-state index contributed by atoms with van der Waals surface area (Å²) in [6.45, 7) is 6.67. The molecule has 0 spiro atoms. The van der Waals surface area contributed by atoms with Crippen LogP contribution >= 0.6 is 0 Å². The fraction of sp³-hybridized carbons (Fsp3) is 0.899. The van der Waals surface area contributed by atoms with Crippen molar-refractivity contribution in [2.45, 2.75) is 386 Å². The van der Waals surface area contributed by atoms with Gasteiger partial charge in [-0.3, -0.25) is 14.4 Å². The van der Waals surface area contributed by atoms with Gasteiger partial charge in [0, 0.05) is 19.3 Å². The fourth-order valence-corrected chi connectivity index (χ4v) is 10.4. The first-order valence-corrected chi connectivity index (χ1v) is 33.8. The molecule has 0 aromatic carbocycles. The van der Waals surface area contributed by atoms with Gasteiger partial charge in [0.15, 0.2) is 6.10 Å². The first kappa shape index (κ1) is 72.9. The highest BCUT2D eigenvalue weighted by Crippen LogP contribution is 2.18. The number of allylic oxidation sites excluding steroid dienone is 4. The molecule has 0 radical (unpaired) electrons. The predicted molar refractivity (Wildman–Crippen MR) is 326 cm³/mol. The molecule has 0 amide bonds. The van der Waals surface area contributed by atoms with Gasteiger partial charge in [-0.05, 0) is 51.4 Å². The second kappa shape index (κ2) is 64.4. The van der Waals surface area contributed by atoms with Gasteiger partial charge in [0.2, 0.25) is 0 Å². The Kier molecular flexibility index (Phi) is 62.6. The Hall–Kier alpha value is -2.11. The molecule has 0 fully saturated rings. The maximum atomic E-state index is 12.9. The van der Waals surface area contributed by atoms with E-state index in [9.17, 15) is 14.4 Å². The SMILES string of the molecule is CCCCC/C=C\C/C=C\CCCCCCCCCCCC(=O)OC(COC(=O)CCCCCCCCCCCC)COC(=O)CCCCCCCCCCCCCCCCCCCCCCCCCCCCCC. The molecule has 0 heterocycles. The molecular formula is C69H130O6. The quantitative estimate of drug-likeness (QED) is 0.0261. The minimum absolute atomic E-state index is 0.0670. The van der Waals surface area contributed by atoms with Crippen molar-refractivity contribution in [1.82, 2.24) is 0 Å². The van der Waals surface area contributed by atoms with E-state index >= 15 is 0 Å². The van der Waals surface area contributed by atoms with Gasteiger partial charge in [0.05, 0.1) is 0 Å². The van der Waals surface area contributed by atoms with Crippen LogP contribution in [0.1, 0.15) is 380 Å². The minimum atomic E-state index is -0.769. The van der Waals surface area contributed by atoms with Crippen molar-refractivity contribution >= 4 is 17.9 Å². The molecule has 0 saturated heterocycles. The summed E-state index contributed by atoms with van der Waals surface area (Å²) < 4.78 is 16.9. The third-order valence-corrected chi connectivity index (χ3v) is 15.5. The molecule has 1 atom stereocenters. The van der Waals surface area contributed by atoms with Gasteiger partial charge in [0.25, 0.3) is 0 Å². The molecule has 0 N–H and O–H groups in total. The molecule has 0 aromatic heterocycles. The lowest BCUT2D eigenvalue weighted by atomic mass is 10.0. The number of carbonyl (C=O) groups is 3. The largest absolute Gasteiger partial charge is 0.462 e. The smallest absolute Gasteiger partial charge is 0.306 e. The number of rotatable bonds is 63. The predicted octanol–water partition coefficient (Wildman–Crippen LogP) is 23.0. The van der Waals surface area contributed by atoms with Crippen LogP contribution in [0.15, 0.2) is 24.3 Å². The van der Waals surface area contributed by atoms with Crippen LogP contribution in [0.2, 0.25) is 0 Å². The Balaban J connectivity index is 4.12. The number of ether oxygens (including phenoxy) is 3. The Labute approximate surface area is 468 Å². The van der Waals surface area contributed by atoms with Gasteiger partial charge in [0.1, 0.15) is 13.2 Å². The van der Waals surface area contributed by atoms with E-state index in [0.717, 1.165) is 64.2 Å². The van der Waals surface area contributed by atoms with Crippen LogP contribution in [0.4, 0.5) is 0 Å².